The van der Waals surface area contributed by atoms with Crippen LogP contribution in [0.1, 0.15) is 46.0 Å². The molecule has 1 unspecified atom stereocenters. The van der Waals surface area contributed by atoms with Crippen molar-refractivity contribution in [2.45, 2.75) is 52.0 Å². The predicted octanol–water partition coefficient (Wildman–Crippen LogP) is 2.76. The summed E-state index contributed by atoms with van der Waals surface area (Å²) in [4.78, 5) is 24.9. The minimum Gasteiger partial charge on any atom is -0.480 e. The monoisotopic (exact) mass is 314 g/mol. The quantitative estimate of drug-likeness (QED) is 0.818. The molecule has 1 atom stereocenters. The molecule has 6 heteroatoms. The maximum atomic E-state index is 12.3. The molecular formula is C15H26N2O3S. The fourth-order valence-corrected chi connectivity index (χ4v) is 4.80. The fourth-order valence-electron chi connectivity index (χ4n) is 3.66. The molecule has 5 nitrogen and oxygen atoms in total. The van der Waals surface area contributed by atoms with Crippen molar-refractivity contribution in [3.05, 3.63) is 0 Å². The van der Waals surface area contributed by atoms with Crippen LogP contribution in [-0.2, 0) is 4.79 Å². The molecular weight excluding hydrogens is 288 g/mol. The Balaban J connectivity index is 1.91. The van der Waals surface area contributed by atoms with E-state index in [-0.39, 0.29) is 11.4 Å². The molecule has 120 valence electrons. The Labute approximate surface area is 130 Å². The summed E-state index contributed by atoms with van der Waals surface area (Å²) in [5, 5.41) is 12.2. The zero-order chi connectivity index (χ0) is 15.5. The summed E-state index contributed by atoms with van der Waals surface area (Å²) in [6.07, 6.45) is 5.94. The van der Waals surface area contributed by atoms with Gasteiger partial charge in [0.2, 0.25) is 0 Å². The lowest BCUT2D eigenvalue weighted by atomic mass is 9.78. The number of nitrogens with zero attached hydrogens (tertiary/aromatic N) is 1. The van der Waals surface area contributed by atoms with E-state index in [1.807, 2.05) is 0 Å². The topological polar surface area (TPSA) is 69.6 Å². The molecule has 2 N–H and O–H groups in total. The number of carbonyl (C=O) groups is 2. The second kappa shape index (κ2) is 6.90. The standard InChI is InChI=1S/C15H26N2O3S/c1-11(2)7-15(5-3-4-6-15)9-16-14(20)17-10-21-8-12(17)13(18)19/h11-12H,3-10H2,1-2H3,(H,16,20)(H,18,19). The number of carboxylic acids is 1. The molecule has 0 aromatic carbocycles. The van der Waals surface area contributed by atoms with E-state index in [9.17, 15) is 9.59 Å². The molecule has 2 rings (SSSR count). The van der Waals surface area contributed by atoms with Crippen LogP contribution in [0.5, 0.6) is 0 Å². The largest absolute Gasteiger partial charge is 0.480 e. The number of carboxylic acid groups (broad SMARTS) is 1. The zero-order valence-corrected chi connectivity index (χ0v) is 13.7. The summed E-state index contributed by atoms with van der Waals surface area (Å²) < 4.78 is 0. The van der Waals surface area contributed by atoms with Gasteiger partial charge in [-0.2, -0.15) is 0 Å². The van der Waals surface area contributed by atoms with Crippen LogP contribution in [0.3, 0.4) is 0 Å². The first-order chi connectivity index (χ1) is 9.93. The molecule has 1 saturated heterocycles. The van der Waals surface area contributed by atoms with Crippen LogP contribution >= 0.6 is 11.8 Å². The van der Waals surface area contributed by atoms with Crippen molar-refractivity contribution < 1.29 is 14.7 Å². The molecule has 0 spiro atoms. The summed E-state index contributed by atoms with van der Waals surface area (Å²) >= 11 is 1.50. The Kier molecular flexibility index (Phi) is 5.41. The lowest BCUT2D eigenvalue weighted by Crippen LogP contribution is -2.49. The highest BCUT2D eigenvalue weighted by atomic mass is 32.2. The minimum atomic E-state index is -0.909. The summed E-state index contributed by atoms with van der Waals surface area (Å²) in [7, 11) is 0. The van der Waals surface area contributed by atoms with Gasteiger partial charge >= 0.3 is 12.0 Å². The Bertz CT molecular complexity index is 394. The first-order valence-corrected chi connectivity index (χ1v) is 8.94. The number of carbonyl (C=O) groups excluding carboxylic acids is 1. The van der Waals surface area contributed by atoms with Gasteiger partial charge in [-0.1, -0.05) is 26.7 Å². The Morgan fingerprint density at radius 2 is 2.05 bits per heavy atom. The second-order valence-corrected chi connectivity index (χ2v) is 7.79. The molecule has 0 aromatic rings. The highest BCUT2D eigenvalue weighted by Gasteiger charge is 2.38. The third kappa shape index (κ3) is 4.05. The van der Waals surface area contributed by atoms with E-state index >= 15 is 0 Å². The third-order valence-electron chi connectivity index (χ3n) is 4.55. The van der Waals surface area contributed by atoms with E-state index in [0.29, 0.717) is 24.1 Å². The van der Waals surface area contributed by atoms with Crippen molar-refractivity contribution in [1.29, 1.82) is 0 Å². The molecule has 0 aromatic heterocycles. The Morgan fingerprint density at radius 3 is 2.62 bits per heavy atom. The lowest BCUT2D eigenvalue weighted by Gasteiger charge is -2.32. The van der Waals surface area contributed by atoms with Crippen LogP contribution in [0.25, 0.3) is 0 Å². The Morgan fingerprint density at radius 1 is 1.38 bits per heavy atom. The highest BCUT2D eigenvalue weighted by Crippen LogP contribution is 2.42. The smallest absolute Gasteiger partial charge is 0.327 e. The highest BCUT2D eigenvalue weighted by molar-refractivity contribution is 7.99. The van der Waals surface area contributed by atoms with Crippen molar-refractivity contribution >= 4 is 23.8 Å². The van der Waals surface area contributed by atoms with Gasteiger partial charge < -0.3 is 15.3 Å². The maximum Gasteiger partial charge on any atom is 0.327 e. The van der Waals surface area contributed by atoms with E-state index < -0.39 is 12.0 Å². The van der Waals surface area contributed by atoms with Crippen LogP contribution in [-0.4, -0.2) is 46.2 Å². The van der Waals surface area contributed by atoms with Crippen LogP contribution in [0, 0.1) is 11.3 Å². The first kappa shape index (κ1) is 16.5. The summed E-state index contributed by atoms with van der Waals surface area (Å²) in [5.41, 5.74) is 0.218. The van der Waals surface area contributed by atoms with Gasteiger partial charge in [0.05, 0.1) is 5.88 Å². The molecule has 21 heavy (non-hydrogen) atoms. The van der Waals surface area contributed by atoms with Crippen molar-refractivity contribution in [3.63, 3.8) is 0 Å². The van der Waals surface area contributed by atoms with Crippen LogP contribution in [0.15, 0.2) is 0 Å². The summed E-state index contributed by atoms with van der Waals surface area (Å²) in [5.74, 6) is 0.668. The number of amides is 2. The van der Waals surface area contributed by atoms with Crippen LogP contribution < -0.4 is 5.32 Å². The van der Waals surface area contributed by atoms with Crippen LogP contribution in [0.2, 0.25) is 0 Å². The van der Waals surface area contributed by atoms with Gasteiger partial charge in [-0.05, 0) is 30.6 Å². The molecule has 1 aliphatic heterocycles. The average Bonchev–Trinajstić information content (AvgIpc) is 3.04. The van der Waals surface area contributed by atoms with E-state index in [0.717, 1.165) is 6.42 Å². The second-order valence-electron chi connectivity index (χ2n) is 6.79. The molecule has 2 amide bonds. The number of aliphatic carboxylic acids is 1. The number of nitrogens with one attached hydrogen (secondary N) is 1. The molecule has 1 heterocycles. The molecule has 2 aliphatic rings. The zero-order valence-electron chi connectivity index (χ0n) is 12.9. The van der Waals surface area contributed by atoms with Gasteiger partial charge in [0, 0.05) is 12.3 Å². The van der Waals surface area contributed by atoms with Crippen molar-refractivity contribution in [3.8, 4) is 0 Å². The molecule has 1 saturated carbocycles. The van der Waals surface area contributed by atoms with Gasteiger partial charge in [-0.25, -0.2) is 9.59 Å². The van der Waals surface area contributed by atoms with Gasteiger partial charge in [0.1, 0.15) is 6.04 Å². The molecule has 0 bridgehead atoms. The van der Waals surface area contributed by atoms with E-state index in [2.05, 4.69) is 19.2 Å². The van der Waals surface area contributed by atoms with E-state index in [1.54, 1.807) is 0 Å². The van der Waals surface area contributed by atoms with Gasteiger partial charge in [0.15, 0.2) is 0 Å². The van der Waals surface area contributed by atoms with Gasteiger partial charge in [-0.3, -0.25) is 0 Å². The molecule has 2 fully saturated rings. The SMILES string of the molecule is CC(C)CC1(CNC(=O)N2CSCC2C(=O)O)CCCC1. The van der Waals surface area contributed by atoms with Crippen LogP contribution in [0.4, 0.5) is 4.79 Å². The summed E-state index contributed by atoms with van der Waals surface area (Å²) in [6, 6.07) is -0.901. The van der Waals surface area contributed by atoms with Gasteiger partial charge in [0.25, 0.3) is 0 Å². The molecule has 1 aliphatic carbocycles. The third-order valence-corrected chi connectivity index (χ3v) is 5.56. The predicted molar refractivity (Wildman–Crippen MR) is 84.3 cm³/mol. The fraction of sp³-hybridized carbons (Fsp3) is 0.867. The van der Waals surface area contributed by atoms with Crippen molar-refractivity contribution in [2.24, 2.45) is 11.3 Å². The Hall–Kier alpha value is -0.910. The van der Waals surface area contributed by atoms with Gasteiger partial charge in [-0.15, -0.1) is 11.8 Å². The number of urea groups is 1. The van der Waals surface area contributed by atoms with E-state index in [1.165, 1.54) is 42.3 Å². The first-order valence-electron chi connectivity index (χ1n) is 7.78. The normalized spacial score (nSPS) is 24.5. The number of thioether (sulfide) groups is 1. The minimum absolute atomic E-state index is 0.218. The number of hydrogen-bond donors (Lipinski definition) is 2. The van der Waals surface area contributed by atoms with Crippen molar-refractivity contribution in [1.82, 2.24) is 10.2 Å². The lowest BCUT2D eigenvalue weighted by molar-refractivity contribution is -0.140. The van der Waals surface area contributed by atoms with Crippen molar-refractivity contribution in [2.75, 3.05) is 18.2 Å². The summed E-state index contributed by atoms with van der Waals surface area (Å²) in [6.45, 7) is 5.12. The molecule has 0 radical (unpaired) electrons. The van der Waals surface area contributed by atoms with E-state index in [4.69, 9.17) is 5.11 Å². The average molecular weight is 314 g/mol. The number of hydrogen-bond acceptors (Lipinski definition) is 3. The maximum absolute atomic E-state index is 12.3. The number of rotatable bonds is 5.